The van der Waals surface area contributed by atoms with Gasteiger partial charge in [0, 0.05) is 37.5 Å². The van der Waals surface area contributed by atoms with Crippen molar-refractivity contribution in [1.82, 2.24) is 9.88 Å². The molecule has 1 aliphatic heterocycles. The minimum atomic E-state index is -0.152. The van der Waals surface area contributed by atoms with Crippen LogP contribution in [0.2, 0.25) is 0 Å². The first kappa shape index (κ1) is 18.9. The summed E-state index contributed by atoms with van der Waals surface area (Å²) >= 11 is 1.62. The largest absolute Gasteiger partial charge is 0.466 e. The zero-order chi connectivity index (χ0) is 18.2. The predicted molar refractivity (Wildman–Crippen MR) is 105 cm³/mol. The number of esters is 1. The molecule has 0 amide bonds. The van der Waals surface area contributed by atoms with Crippen molar-refractivity contribution in [3.05, 3.63) is 47.0 Å². The lowest BCUT2D eigenvalue weighted by atomic mass is 10.0. The molecule has 0 atom stereocenters. The summed E-state index contributed by atoms with van der Waals surface area (Å²) in [5.74, 6) is -0.152. The summed E-state index contributed by atoms with van der Waals surface area (Å²) in [6.07, 6.45) is 3.30. The van der Waals surface area contributed by atoms with Gasteiger partial charge in [-0.2, -0.15) is 0 Å². The summed E-state index contributed by atoms with van der Waals surface area (Å²) in [6.45, 7) is 5.50. The Hall–Kier alpha value is -1.92. The lowest BCUT2D eigenvalue weighted by Gasteiger charge is -2.32. The number of carbonyl (C=O) groups excluding carboxylic acids is 1. The summed E-state index contributed by atoms with van der Waals surface area (Å²) in [7, 11) is 0. The second-order valence-electron chi connectivity index (χ2n) is 6.63. The zero-order valence-electron chi connectivity index (χ0n) is 15.3. The molecule has 1 saturated heterocycles. The van der Waals surface area contributed by atoms with E-state index in [2.05, 4.69) is 45.5 Å². The van der Waals surface area contributed by atoms with Gasteiger partial charge in [0.15, 0.2) is 5.13 Å². The van der Waals surface area contributed by atoms with Crippen molar-refractivity contribution in [2.45, 2.75) is 45.2 Å². The Morgan fingerprint density at radius 3 is 2.81 bits per heavy atom. The lowest BCUT2D eigenvalue weighted by molar-refractivity contribution is -0.143. The number of hydrogen-bond acceptors (Lipinski definition) is 6. The number of rotatable bonds is 8. The van der Waals surface area contributed by atoms with Gasteiger partial charge in [-0.25, -0.2) is 4.98 Å². The molecule has 1 aromatic carbocycles. The van der Waals surface area contributed by atoms with Crippen LogP contribution >= 0.6 is 11.3 Å². The molecule has 2 aromatic rings. The van der Waals surface area contributed by atoms with E-state index < -0.39 is 0 Å². The number of benzene rings is 1. The zero-order valence-corrected chi connectivity index (χ0v) is 16.1. The molecule has 0 saturated carbocycles. The van der Waals surface area contributed by atoms with Crippen molar-refractivity contribution in [3.63, 3.8) is 0 Å². The van der Waals surface area contributed by atoms with Gasteiger partial charge in [0.25, 0.3) is 0 Å². The summed E-state index contributed by atoms with van der Waals surface area (Å²) in [5, 5.41) is 6.56. The number of anilines is 1. The monoisotopic (exact) mass is 373 g/mol. The molecule has 140 valence electrons. The average Bonchev–Trinajstić information content (AvgIpc) is 3.10. The van der Waals surface area contributed by atoms with Crippen LogP contribution in [0.25, 0.3) is 0 Å². The van der Waals surface area contributed by atoms with Crippen LogP contribution in [0.1, 0.15) is 37.4 Å². The van der Waals surface area contributed by atoms with Crippen molar-refractivity contribution in [2.24, 2.45) is 0 Å². The number of nitrogens with zero attached hydrogens (tertiary/aromatic N) is 2. The Morgan fingerprint density at radius 2 is 2.08 bits per heavy atom. The summed E-state index contributed by atoms with van der Waals surface area (Å²) < 4.78 is 4.96. The Morgan fingerprint density at radius 1 is 1.31 bits per heavy atom. The van der Waals surface area contributed by atoms with E-state index in [0.717, 1.165) is 43.3 Å². The van der Waals surface area contributed by atoms with E-state index in [1.54, 1.807) is 11.3 Å². The number of aromatic nitrogens is 1. The predicted octanol–water partition coefficient (Wildman–Crippen LogP) is 3.72. The average molecular weight is 374 g/mol. The molecule has 0 aliphatic carbocycles. The molecule has 1 N–H and O–H groups in total. The molecule has 5 nitrogen and oxygen atoms in total. The minimum Gasteiger partial charge on any atom is -0.466 e. The lowest BCUT2D eigenvalue weighted by Crippen LogP contribution is -2.38. The van der Waals surface area contributed by atoms with Crippen LogP contribution < -0.4 is 5.32 Å². The molecule has 0 radical (unpaired) electrons. The molecule has 1 aliphatic rings. The maximum atomic E-state index is 11.4. The number of hydrogen-bond donors (Lipinski definition) is 1. The van der Waals surface area contributed by atoms with E-state index in [4.69, 9.17) is 4.74 Å². The molecule has 0 spiro atoms. The summed E-state index contributed by atoms with van der Waals surface area (Å²) in [6, 6.07) is 11.1. The molecule has 0 unspecified atom stereocenters. The molecular weight excluding hydrogens is 346 g/mol. The van der Waals surface area contributed by atoms with Crippen LogP contribution in [0.15, 0.2) is 35.7 Å². The number of carbonyl (C=O) groups is 1. The van der Waals surface area contributed by atoms with E-state index in [9.17, 15) is 4.79 Å². The van der Waals surface area contributed by atoms with E-state index in [1.165, 1.54) is 5.56 Å². The fourth-order valence-corrected chi connectivity index (χ4v) is 4.03. The number of thiazole rings is 1. The van der Waals surface area contributed by atoms with Crippen molar-refractivity contribution in [3.8, 4) is 0 Å². The summed E-state index contributed by atoms with van der Waals surface area (Å²) in [4.78, 5) is 18.6. The van der Waals surface area contributed by atoms with Gasteiger partial charge in [0.2, 0.25) is 0 Å². The third-order valence-electron chi connectivity index (χ3n) is 4.61. The Bertz CT molecular complexity index is 681. The molecule has 1 fully saturated rings. The van der Waals surface area contributed by atoms with E-state index in [0.29, 0.717) is 25.5 Å². The normalized spacial score (nSPS) is 15.7. The molecule has 3 rings (SSSR count). The standard InChI is InChI=1S/C20H27N3O2S/c1-2-25-19(24)9-8-18-15-26-20(22-18)21-17-10-12-23(13-11-17)14-16-6-4-3-5-7-16/h3-7,15,17H,2,8-14H2,1H3,(H,21,22). The second kappa shape index (κ2) is 9.69. The van der Waals surface area contributed by atoms with Crippen LogP contribution in [0.5, 0.6) is 0 Å². The van der Waals surface area contributed by atoms with Gasteiger partial charge in [-0.3, -0.25) is 9.69 Å². The number of nitrogens with one attached hydrogen (secondary N) is 1. The smallest absolute Gasteiger partial charge is 0.306 e. The highest BCUT2D eigenvalue weighted by Gasteiger charge is 2.20. The molecular formula is C20H27N3O2S. The highest BCUT2D eigenvalue weighted by atomic mass is 32.1. The topological polar surface area (TPSA) is 54.5 Å². The molecule has 6 heteroatoms. The van der Waals surface area contributed by atoms with E-state index in [1.807, 2.05) is 12.3 Å². The van der Waals surface area contributed by atoms with E-state index in [-0.39, 0.29) is 5.97 Å². The summed E-state index contributed by atoms with van der Waals surface area (Å²) in [5.41, 5.74) is 2.34. The molecule has 26 heavy (non-hydrogen) atoms. The van der Waals surface area contributed by atoms with Crippen molar-refractivity contribution >= 4 is 22.4 Å². The molecule has 2 heterocycles. The van der Waals surface area contributed by atoms with Crippen LogP contribution in [0.4, 0.5) is 5.13 Å². The first-order valence-electron chi connectivity index (χ1n) is 9.35. The molecule has 1 aromatic heterocycles. The maximum Gasteiger partial charge on any atom is 0.306 e. The fourth-order valence-electron chi connectivity index (χ4n) is 3.20. The number of piperidine rings is 1. The Kier molecular flexibility index (Phi) is 7.03. The second-order valence-corrected chi connectivity index (χ2v) is 7.49. The van der Waals surface area contributed by atoms with Gasteiger partial charge in [-0.15, -0.1) is 11.3 Å². The van der Waals surface area contributed by atoms with Crippen molar-refractivity contribution in [2.75, 3.05) is 25.0 Å². The highest BCUT2D eigenvalue weighted by Crippen LogP contribution is 2.22. The third-order valence-corrected chi connectivity index (χ3v) is 5.43. The van der Waals surface area contributed by atoms with Gasteiger partial charge >= 0.3 is 5.97 Å². The van der Waals surface area contributed by atoms with Gasteiger partial charge in [-0.05, 0) is 25.3 Å². The third kappa shape index (κ3) is 5.81. The maximum absolute atomic E-state index is 11.4. The fraction of sp³-hybridized carbons (Fsp3) is 0.500. The SMILES string of the molecule is CCOC(=O)CCc1csc(NC2CCN(Cc3ccccc3)CC2)n1. The van der Waals surface area contributed by atoms with Crippen LogP contribution in [0.3, 0.4) is 0 Å². The number of aryl methyl sites for hydroxylation is 1. The quantitative estimate of drug-likeness (QED) is 0.715. The minimum absolute atomic E-state index is 0.152. The molecule has 0 bridgehead atoms. The van der Waals surface area contributed by atoms with E-state index >= 15 is 0 Å². The first-order valence-corrected chi connectivity index (χ1v) is 10.2. The van der Waals surface area contributed by atoms with Crippen LogP contribution in [-0.4, -0.2) is 41.6 Å². The van der Waals surface area contributed by atoms with Gasteiger partial charge in [0.1, 0.15) is 0 Å². The Labute approximate surface area is 159 Å². The Balaban J connectivity index is 1.40. The van der Waals surface area contributed by atoms with Crippen LogP contribution in [0, 0.1) is 0 Å². The van der Waals surface area contributed by atoms with Crippen LogP contribution in [-0.2, 0) is 22.5 Å². The number of ether oxygens (including phenoxy) is 1. The van der Waals surface area contributed by atoms with Crippen molar-refractivity contribution in [1.29, 1.82) is 0 Å². The van der Waals surface area contributed by atoms with Crippen molar-refractivity contribution < 1.29 is 9.53 Å². The van der Waals surface area contributed by atoms with Gasteiger partial charge in [0.05, 0.1) is 18.7 Å². The van der Waals surface area contributed by atoms with Gasteiger partial charge < -0.3 is 10.1 Å². The van der Waals surface area contributed by atoms with Gasteiger partial charge in [-0.1, -0.05) is 30.3 Å². The highest BCUT2D eigenvalue weighted by molar-refractivity contribution is 7.13. The first-order chi connectivity index (χ1) is 12.7. The number of likely N-dealkylation sites (tertiary alicyclic amines) is 1.